The van der Waals surface area contributed by atoms with Gasteiger partial charge in [0, 0.05) is 11.6 Å². The van der Waals surface area contributed by atoms with Gasteiger partial charge in [-0.05, 0) is 37.1 Å². The molecule has 0 aliphatic heterocycles. The van der Waals surface area contributed by atoms with Gasteiger partial charge in [0.25, 0.3) is 11.6 Å². The molecule has 6 nitrogen and oxygen atoms in total. The van der Waals surface area contributed by atoms with Crippen LogP contribution in [0.3, 0.4) is 0 Å². The normalized spacial score (nSPS) is 11.9. The molecule has 0 heterocycles. The number of benzene rings is 2. The molecule has 2 aromatic carbocycles. The maximum absolute atomic E-state index is 12.4. The fraction of sp³-hybridized carbons (Fsp3) is 0.278. The Morgan fingerprint density at radius 3 is 2.50 bits per heavy atom. The summed E-state index contributed by atoms with van der Waals surface area (Å²) >= 11 is 11.9. The van der Waals surface area contributed by atoms with Gasteiger partial charge in [-0.25, -0.2) is 0 Å². The van der Waals surface area contributed by atoms with Gasteiger partial charge in [0.1, 0.15) is 12.2 Å². The molecular formula is C18H20Cl2N3O3+. The van der Waals surface area contributed by atoms with Crippen molar-refractivity contribution < 1.29 is 14.6 Å². The second-order valence-electron chi connectivity index (χ2n) is 6.27. The van der Waals surface area contributed by atoms with Crippen molar-refractivity contribution in [3.05, 3.63) is 67.2 Å². The molecule has 1 atom stereocenters. The monoisotopic (exact) mass is 396 g/mol. The van der Waals surface area contributed by atoms with E-state index in [4.69, 9.17) is 23.2 Å². The number of nitrogens with one attached hydrogen (secondary N) is 2. The highest BCUT2D eigenvalue weighted by Crippen LogP contribution is 2.30. The molecule has 0 bridgehead atoms. The summed E-state index contributed by atoms with van der Waals surface area (Å²) in [7, 11) is 1.86. The van der Waals surface area contributed by atoms with E-state index >= 15 is 0 Å². The van der Waals surface area contributed by atoms with Gasteiger partial charge in [-0.3, -0.25) is 14.9 Å². The molecule has 0 saturated carbocycles. The fourth-order valence-corrected chi connectivity index (χ4v) is 2.95. The molecule has 0 saturated heterocycles. The van der Waals surface area contributed by atoms with Gasteiger partial charge >= 0.3 is 0 Å². The van der Waals surface area contributed by atoms with Gasteiger partial charge in [-0.15, -0.1) is 0 Å². The highest BCUT2D eigenvalue weighted by Gasteiger charge is 2.21. The molecule has 1 amide bonds. The number of nitro groups is 1. The number of nitro benzene ring substituents is 1. The number of carbonyl (C=O) groups excluding carboxylic acids is 1. The van der Waals surface area contributed by atoms with Crippen LogP contribution in [0.4, 0.5) is 11.4 Å². The number of carbonyl (C=O) groups is 1. The lowest BCUT2D eigenvalue weighted by Gasteiger charge is -2.15. The molecule has 2 aromatic rings. The number of hydrogen-bond donors (Lipinski definition) is 2. The minimum atomic E-state index is -0.492. The summed E-state index contributed by atoms with van der Waals surface area (Å²) in [6, 6.07) is 8.41. The summed E-state index contributed by atoms with van der Waals surface area (Å²) in [5.74, 6) is -0.292. The number of rotatable bonds is 6. The molecule has 8 heteroatoms. The Morgan fingerprint density at radius 2 is 1.88 bits per heavy atom. The van der Waals surface area contributed by atoms with Crippen LogP contribution >= 0.6 is 23.2 Å². The molecule has 0 radical (unpaired) electrons. The molecule has 0 aliphatic carbocycles. The van der Waals surface area contributed by atoms with Crippen molar-refractivity contribution in [3.8, 4) is 0 Å². The van der Waals surface area contributed by atoms with Crippen molar-refractivity contribution in [2.75, 3.05) is 18.9 Å². The smallest absolute Gasteiger partial charge is 0.293 e. The molecule has 0 fully saturated rings. The predicted octanol–water partition coefficient (Wildman–Crippen LogP) is 3.17. The Bertz CT molecular complexity index is 856. The summed E-state index contributed by atoms with van der Waals surface area (Å²) in [6.45, 7) is 4.32. The number of likely N-dealkylation sites (N-methyl/N-ethyl adjacent to an activating group) is 1. The second-order valence-corrected chi connectivity index (χ2v) is 7.08. The number of amides is 1. The zero-order valence-electron chi connectivity index (χ0n) is 14.7. The van der Waals surface area contributed by atoms with Crippen LogP contribution in [0.5, 0.6) is 0 Å². The standard InChI is InChI=1S/C18H19Cl2N3O3/c1-11-4-7-16(23(25)26)18(12(11)2)21-17(24)10-22(3)9-13-5-6-14(19)15(20)8-13/h4-8H,9-10H2,1-3H3,(H,21,24)/p+1. The molecular weight excluding hydrogens is 377 g/mol. The highest BCUT2D eigenvalue weighted by atomic mass is 35.5. The quantitative estimate of drug-likeness (QED) is 0.581. The predicted molar refractivity (Wildman–Crippen MR) is 103 cm³/mol. The minimum Gasteiger partial charge on any atom is -0.326 e. The van der Waals surface area contributed by atoms with Gasteiger partial charge in [0.15, 0.2) is 6.54 Å². The summed E-state index contributed by atoms with van der Waals surface area (Å²) < 4.78 is 0. The van der Waals surface area contributed by atoms with Crippen LogP contribution in [-0.2, 0) is 11.3 Å². The maximum Gasteiger partial charge on any atom is 0.293 e. The molecule has 138 valence electrons. The number of aryl methyl sites for hydroxylation is 1. The lowest BCUT2D eigenvalue weighted by molar-refractivity contribution is -0.885. The summed E-state index contributed by atoms with van der Waals surface area (Å²) in [5.41, 5.74) is 2.66. The number of quaternary nitrogens is 1. The van der Waals surface area contributed by atoms with E-state index in [9.17, 15) is 14.9 Å². The first-order valence-electron chi connectivity index (χ1n) is 7.98. The highest BCUT2D eigenvalue weighted by molar-refractivity contribution is 6.42. The average molecular weight is 397 g/mol. The van der Waals surface area contributed by atoms with Crippen LogP contribution in [0.25, 0.3) is 0 Å². The Morgan fingerprint density at radius 1 is 1.19 bits per heavy atom. The maximum atomic E-state index is 12.4. The van der Waals surface area contributed by atoms with Gasteiger partial charge in [0.05, 0.1) is 22.0 Å². The fourth-order valence-electron chi connectivity index (χ4n) is 2.63. The van der Waals surface area contributed by atoms with E-state index in [0.717, 1.165) is 16.0 Å². The van der Waals surface area contributed by atoms with Crippen LogP contribution in [0.15, 0.2) is 30.3 Å². The third kappa shape index (κ3) is 4.94. The second kappa shape index (κ2) is 8.49. The van der Waals surface area contributed by atoms with Crippen molar-refractivity contribution in [3.63, 3.8) is 0 Å². The zero-order chi connectivity index (χ0) is 19.4. The van der Waals surface area contributed by atoms with Crippen LogP contribution in [-0.4, -0.2) is 24.4 Å². The van der Waals surface area contributed by atoms with E-state index in [1.807, 2.05) is 20.0 Å². The first-order valence-corrected chi connectivity index (χ1v) is 8.74. The number of halogens is 2. The van der Waals surface area contributed by atoms with Crippen LogP contribution in [0.2, 0.25) is 10.0 Å². The number of anilines is 1. The van der Waals surface area contributed by atoms with E-state index in [-0.39, 0.29) is 23.8 Å². The van der Waals surface area contributed by atoms with Crippen LogP contribution in [0, 0.1) is 24.0 Å². The lowest BCUT2D eigenvalue weighted by atomic mass is 10.1. The van der Waals surface area contributed by atoms with Crippen molar-refractivity contribution in [2.24, 2.45) is 0 Å². The molecule has 0 aromatic heterocycles. The van der Waals surface area contributed by atoms with E-state index in [1.54, 1.807) is 25.1 Å². The Kier molecular flexibility index (Phi) is 6.58. The van der Waals surface area contributed by atoms with Crippen LogP contribution < -0.4 is 10.2 Å². The van der Waals surface area contributed by atoms with Gasteiger partial charge in [0.2, 0.25) is 0 Å². The van der Waals surface area contributed by atoms with Crippen LogP contribution in [0.1, 0.15) is 16.7 Å². The minimum absolute atomic E-state index is 0.108. The van der Waals surface area contributed by atoms with Crippen molar-refractivity contribution in [2.45, 2.75) is 20.4 Å². The third-order valence-corrected chi connectivity index (χ3v) is 4.87. The van der Waals surface area contributed by atoms with Gasteiger partial charge in [-0.1, -0.05) is 35.3 Å². The summed E-state index contributed by atoms with van der Waals surface area (Å²) in [4.78, 5) is 24.0. The Hall–Kier alpha value is -2.15. The topological polar surface area (TPSA) is 76.7 Å². The van der Waals surface area contributed by atoms with E-state index in [1.165, 1.54) is 6.07 Å². The summed E-state index contributed by atoms with van der Waals surface area (Å²) in [6.07, 6.45) is 0. The van der Waals surface area contributed by atoms with E-state index in [0.29, 0.717) is 22.2 Å². The first kappa shape index (κ1) is 20.2. The van der Waals surface area contributed by atoms with E-state index in [2.05, 4.69) is 5.32 Å². The largest absolute Gasteiger partial charge is 0.326 e. The van der Waals surface area contributed by atoms with Crippen molar-refractivity contribution in [1.82, 2.24) is 0 Å². The molecule has 26 heavy (non-hydrogen) atoms. The zero-order valence-corrected chi connectivity index (χ0v) is 16.2. The van der Waals surface area contributed by atoms with Gasteiger partial charge in [-0.2, -0.15) is 0 Å². The molecule has 2 N–H and O–H groups in total. The Labute approximate surface area is 161 Å². The molecule has 2 rings (SSSR count). The Balaban J connectivity index is 2.07. The summed E-state index contributed by atoms with van der Waals surface area (Å²) in [5, 5.41) is 14.8. The van der Waals surface area contributed by atoms with Gasteiger partial charge < -0.3 is 10.2 Å². The number of hydrogen-bond acceptors (Lipinski definition) is 3. The SMILES string of the molecule is Cc1ccc([N+](=O)[O-])c(NC(=O)C[NH+](C)Cc2ccc(Cl)c(Cl)c2)c1C. The molecule has 0 spiro atoms. The van der Waals surface area contributed by atoms with E-state index < -0.39 is 4.92 Å². The van der Waals surface area contributed by atoms with Crippen molar-refractivity contribution in [1.29, 1.82) is 0 Å². The number of nitrogens with zero attached hydrogens (tertiary/aromatic N) is 1. The molecule has 0 aliphatic rings. The third-order valence-electron chi connectivity index (χ3n) is 4.13. The first-order chi connectivity index (χ1) is 12.2. The lowest BCUT2D eigenvalue weighted by Crippen LogP contribution is -3.08. The van der Waals surface area contributed by atoms with Crippen molar-refractivity contribution >= 4 is 40.5 Å². The molecule has 1 unspecified atom stereocenters. The average Bonchev–Trinajstić information content (AvgIpc) is 2.55.